The fourth-order valence-corrected chi connectivity index (χ4v) is 0.691. The van der Waals surface area contributed by atoms with Gasteiger partial charge in [0.2, 0.25) is 0 Å². The van der Waals surface area contributed by atoms with Crippen molar-refractivity contribution in [1.82, 2.24) is 19.9 Å². The number of imidazole rings is 1. The maximum Gasteiger partial charge on any atom is 0.180 e. The van der Waals surface area contributed by atoms with Crippen molar-refractivity contribution in [2.75, 3.05) is 0 Å². The second-order valence-electron chi connectivity index (χ2n) is 1.89. The van der Waals surface area contributed by atoms with Crippen molar-refractivity contribution in [3.05, 3.63) is 18.9 Å². The van der Waals surface area contributed by atoms with Crippen molar-refractivity contribution in [3.63, 3.8) is 0 Å². The molecule has 0 atom stereocenters. The monoisotopic (exact) mass is 161 g/mol. The summed E-state index contributed by atoms with van der Waals surface area (Å²) in [6.45, 7) is 1.43. The normalized spacial score (nSPS) is 8.33. The first-order valence-electron chi connectivity index (χ1n) is 3.28. The number of H-pyrrole nitrogens is 1. The molecule has 0 aliphatic carbocycles. The Morgan fingerprint density at radius 1 is 1.50 bits per heavy atom. The highest BCUT2D eigenvalue weighted by atomic mass is 15.0. The Labute approximate surface area is 69.1 Å². The quantitative estimate of drug-likeness (QED) is 0.622. The van der Waals surface area contributed by atoms with E-state index in [9.17, 15) is 0 Å². The predicted octanol–water partition coefficient (Wildman–Crippen LogP) is 0.883. The molecule has 0 fully saturated rings. The van der Waals surface area contributed by atoms with Gasteiger partial charge in [0.15, 0.2) is 5.65 Å². The smallest absolute Gasteiger partial charge is 0.180 e. The summed E-state index contributed by atoms with van der Waals surface area (Å²) >= 11 is 0. The highest BCUT2D eigenvalue weighted by Gasteiger charge is 1.91. The van der Waals surface area contributed by atoms with Crippen LogP contribution in [-0.4, -0.2) is 19.9 Å². The standard InChI is InChI=1S/C5H4N4.C2H3N/c1-4-5(8-2-6-1)9-3-7-4;1-2-3/h1-3H,(H,6,7,8,9);1H3. The van der Waals surface area contributed by atoms with Crippen LogP contribution in [0.25, 0.3) is 11.2 Å². The van der Waals surface area contributed by atoms with Gasteiger partial charge < -0.3 is 4.98 Å². The fourth-order valence-electron chi connectivity index (χ4n) is 0.691. The third-order valence-corrected chi connectivity index (χ3v) is 1.10. The Balaban J connectivity index is 0.000000213. The second kappa shape index (κ2) is 4.03. The van der Waals surface area contributed by atoms with Gasteiger partial charge in [-0.25, -0.2) is 15.0 Å². The van der Waals surface area contributed by atoms with E-state index >= 15 is 0 Å². The molecule has 60 valence electrons. The van der Waals surface area contributed by atoms with Crippen LogP contribution in [0.5, 0.6) is 0 Å². The largest absolute Gasteiger partial charge is 0.342 e. The van der Waals surface area contributed by atoms with Crippen LogP contribution in [0, 0.1) is 11.3 Å². The van der Waals surface area contributed by atoms with Crippen LogP contribution < -0.4 is 0 Å². The third-order valence-electron chi connectivity index (χ3n) is 1.10. The molecule has 2 aromatic rings. The van der Waals surface area contributed by atoms with Gasteiger partial charge in [-0.3, -0.25) is 0 Å². The van der Waals surface area contributed by atoms with E-state index in [1.807, 2.05) is 0 Å². The molecule has 0 aromatic carbocycles. The van der Waals surface area contributed by atoms with Crippen molar-refractivity contribution in [2.45, 2.75) is 6.92 Å². The number of nitrogens with one attached hydrogen (secondary N) is 1. The molecule has 5 nitrogen and oxygen atoms in total. The van der Waals surface area contributed by atoms with Crippen LogP contribution in [0.2, 0.25) is 0 Å². The molecule has 2 heterocycles. The minimum absolute atomic E-state index is 0.713. The zero-order valence-corrected chi connectivity index (χ0v) is 6.52. The fraction of sp³-hybridized carbons (Fsp3) is 0.143. The maximum absolute atomic E-state index is 7.32. The summed E-state index contributed by atoms with van der Waals surface area (Å²) in [6, 6.07) is 1.75. The minimum Gasteiger partial charge on any atom is -0.342 e. The van der Waals surface area contributed by atoms with Gasteiger partial charge >= 0.3 is 0 Å². The average Bonchev–Trinajstić information content (AvgIpc) is 2.52. The lowest BCUT2D eigenvalue weighted by molar-refractivity contribution is 1.20. The van der Waals surface area contributed by atoms with Gasteiger partial charge in [0.25, 0.3) is 0 Å². The Kier molecular flexibility index (Phi) is 2.73. The van der Waals surface area contributed by atoms with Gasteiger partial charge in [-0.2, -0.15) is 5.26 Å². The molecule has 0 amide bonds. The van der Waals surface area contributed by atoms with Crippen LogP contribution in [0.3, 0.4) is 0 Å². The van der Waals surface area contributed by atoms with Crippen LogP contribution in [0.15, 0.2) is 18.9 Å². The van der Waals surface area contributed by atoms with Crippen molar-refractivity contribution in [1.29, 1.82) is 5.26 Å². The maximum atomic E-state index is 7.32. The molecule has 2 rings (SSSR count). The van der Waals surface area contributed by atoms with E-state index in [1.165, 1.54) is 13.3 Å². The zero-order chi connectivity index (χ0) is 8.81. The molecule has 5 heteroatoms. The molecular formula is C7H7N5. The Hall–Kier alpha value is -1.96. The van der Waals surface area contributed by atoms with Crippen molar-refractivity contribution >= 4 is 11.2 Å². The van der Waals surface area contributed by atoms with E-state index in [0.29, 0.717) is 5.65 Å². The number of rotatable bonds is 0. The van der Waals surface area contributed by atoms with Crippen molar-refractivity contribution in [3.8, 4) is 6.07 Å². The van der Waals surface area contributed by atoms with Gasteiger partial charge in [-0.1, -0.05) is 0 Å². The molecule has 0 unspecified atom stereocenters. The number of hydrogen-bond acceptors (Lipinski definition) is 4. The molecule has 0 saturated carbocycles. The summed E-state index contributed by atoms with van der Waals surface area (Å²) in [4.78, 5) is 14.5. The van der Waals surface area contributed by atoms with Gasteiger partial charge in [-0.15, -0.1) is 0 Å². The van der Waals surface area contributed by atoms with Crippen molar-refractivity contribution < 1.29 is 0 Å². The number of hydrogen-bond donors (Lipinski definition) is 1. The first-order chi connectivity index (χ1) is 5.88. The average molecular weight is 161 g/mol. The predicted molar refractivity (Wildman–Crippen MR) is 43.0 cm³/mol. The van der Waals surface area contributed by atoms with E-state index in [1.54, 1.807) is 18.6 Å². The van der Waals surface area contributed by atoms with Gasteiger partial charge in [0.1, 0.15) is 11.8 Å². The molecule has 0 radical (unpaired) electrons. The number of nitrogens with zero attached hydrogens (tertiary/aromatic N) is 4. The lowest BCUT2D eigenvalue weighted by Gasteiger charge is -1.80. The molecule has 12 heavy (non-hydrogen) atoms. The molecule has 0 aliphatic heterocycles. The molecule has 0 spiro atoms. The summed E-state index contributed by atoms with van der Waals surface area (Å²) in [5.74, 6) is 0. The van der Waals surface area contributed by atoms with Crippen LogP contribution >= 0.6 is 0 Å². The van der Waals surface area contributed by atoms with Gasteiger partial charge in [-0.05, 0) is 0 Å². The molecular weight excluding hydrogens is 154 g/mol. The minimum atomic E-state index is 0.713. The SMILES string of the molecule is CC#N.c1ncc2[nH]cnc2n1. The molecule has 0 saturated heterocycles. The van der Waals surface area contributed by atoms with E-state index in [2.05, 4.69) is 19.9 Å². The van der Waals surface area contributed by atoms with E-state index < -0.39 is 0 Å². The van der Waals surface area contributed by atoms with Crippen LogP contribution in [-0.2, 0) is 0 Å². The Bertz CT molecular complexity index is 356. The van der Waals surface area contributed by atoms with Gasteiger partial charge in [0, 0.05) is 6.92 Å². The molecule has 0 aliphatic rings. The Morgan fingerprint density at radius 2 is 2.25 bits per heavy atom. The van der Waals surface area contributed by atoms with Crippen LogP contribution in [0.4, 0.5) is 0 Å². The number of nitriles is 1. The first-order valence-corrected chi connectivity index (χ1v) is 3.28. The summed E-state index contributed by atoms with van der Waals surface area (Å²) < 4.78 is 0. The van der Waals surface area contributed by atoms with E-state index in [0.717, 1.165) is 5.52 Å². The number of aromatic amines is 1. The van der Waals surface area contributed by atoms with E-state index in [4.69, 9.17) is 5.26 Å². The molecule has 1 N–H and O–H groups in total. The summed E-state index contributed by atoms with van der Waals surface area (Å²) in [5, 5.41) is 7.32. The zero-order valence-electron chi connectivity index (χ0n) is 6.52. The highest BCUT2D eigenvalue weighted by molar-refractivity contribution is 5.67. The first kappa shape index (κ1) is 8.14. The summed E-state index contributed by atoms with van der Waals surface area (Å²) in [7, 11) is 0. The number of aromatic nitrogens is 4. The van der Waals surface area contributed by atoms with Crippen LogP contribution in [0.1, 0.15) is 6.92 Å². The van der Waals surface area contributed by atoms with Crippen molar-refractivity contribution in [2.24, 2.45) is 0 Å². The lowest BCUT2D eigenvalue weighted by atomic mass is 10.6. The summed E-state index contributed by atoms with van der Waals surface area (Å²) in [6.07, 6.45) is 4.76. The van der Waals surface area contributed by atoms with E-state index in [-0.39, 0.29) is 0 Å². The third kappa shape index (κ3) is 1.76. The Morgan fingerprint density at radius 3 is 2.92 bits per heavy atom. The summed E-state index contributed by atoms with van der Waals surface area (Å²) in [5.41, 5.74) is 1.59. The highest BCUT2D eigenvalue weighted by Crippen LogP contribution is 1.99. The molecule has 0 bridgehead atoms. The second-order valence-corrected chi connectivity index (χ2v) is 1.89. The topological polar surface area (TPSA) is 78.2 Å². The molecule has 2 aromatic heterocycles. The lowest BCUT2D eigenvalue weighted by Crippen LogP contribution is -1.76. The van der Waals surface area contributed by atoms with Gasteiger partial charge in [0.05, 0.1) is 18.6 Å². The number of fused-ring (bicyclic) bond motifs is 1.